The number of ether oxygens (including phenoxy) is 1. The minimum atomic E-state index is -0.360. The van der Waals surface area contributed by atoms with E-state index in [2.05, 4.69) is 0 Å². The Balaban J connectivity index is 2.46. The maximum Gasteiger partial charge on any atom is 0.239 e. The smallest absolute Gasteiger partial charge is 0.239 e. The molecule has 1 aliphatic rings. The van der Waals surface area contributed by atoms with Crippen molar-refractivity contribution >= 4 is 17.7 Å². The van der Waals surface area contributed by atoms with Crippen LogP contribution in [-0.2, 0) is 9.53 Å². The predicted molar refractivity (Wildman–Crippen MR) is 67.6 cm³/mol. The molecule has 0 aromatic rings. The SMILES string of the molecule is CSCC[C@@H](N)C(=O)N1CCOC(C)(C)C1. The van der Waals surface area contributed by atoms with Crippen molar-refractivity contribution in [2.75, 3.05) is 31.7 Å². The number of thioether (sulfide) groups is 1. The van der Waals surface area contributed by atoms with Crippen LogP contribution in [0.2, 0.25) is 0 Å². The lowest BCUT2D eigenvalue weighted by atomic mass is 10.1. The summed E-state index contributed by atoms with van der Waals surface area (Å²) in [6.45, 7) is 5.90. The van der Waals surface area contributed by atoms with Gasteiger partial charge in [-0.3, -0.25) is 4.79 Å². The second kappa shape index (κ2) is 5.89. The molecule has 0 unspecified atom stereocenters. The van der Waals surface area contributed by atoms with Crippen LogP contribution >= 0.6 is 11.8 Å². The number of amides is 1. The number of hydrogen-bond acceptors (Lipinski definition) is 4. The molecule has 1 aliphatic heterocycles. The average Bonchev–Trinajstić information content (AvgIpc) is 2.23. The number of nitrogens with zero attached hydrogens (tertiary/aromatic N) is 1. The van der Waals surface area contributed by atoms with Crippen LogP contribution in [0.25, 0.3) is 0 Å². The summed E-state index contributed by atoms with van der Waals surface area (Å²) in [7, 11) is 0. The van der Waals surface area contributed by atoms with E-state index in [-0.39, 0.29) is 17.6 Å². The summed E-state index contributed by atoms with van der Waals surface area (Å²) in [6.07, 6.45) is 2.77. The lowest BCUT2D eigenvalue weighted by Gasteiger charge is -2.39. The van der Waals surface area contributed by atoms with Gasteiger partial charge in [0, 0.05) is 13.1 Å². The molecular formula is C11H22N2O2S. The van der Waals surface area contributed by atoms with Crippen LogP contribution < -0.4 is 5.73 Å². The Morgan fingerprint density at radius 2 is 2.31 bits per heavy atom. The van der Waals surface area contributed by atoms with E-state index < -0.39 is 0 Å². The molecule has 0 aromatic heterocycles. The van der Waals surface area contributed by atoms with Crippen molar-refractivity contribution in [3.63, 3.8) is 0 Å². The molecule has 5 heteroatoms. The van der Waals surface area contributed by atoms with Gasteiger partial charge in [-0.2, -0.15) is 11.8 Å². The minimum absolute atomic E-state index is 0.0606. The summed E-state index contributed by atoms with van der Waals surface area (Å²) in [5.41, 5.74) is 5.63. The van der Waals surface area contributed by atoms with Gasteiger partial charge in [-0.1, -0.05) is 0 Å². The van der Waals surface area contributed by atoms with Gasteiger partial charge in [0.2, 0.25) is 5.91 Å². The monoisotopic (exact) mass is 246 g/mol. The highest BCUT2D eigenvalue weighted by Gasteiger charge is 2.31. The number of hydrogen-bond donors (Lipinski definition) is 1. The normalized spacial score (nSPS) is 21.9. The Labute approximate surface area is 102 Å². The van der Waals surface area contributed by atoms with Gasteiger partial charge in [-0.15, -0.1) is 0 Å². The highest BCUT2D eigenvalue weighted by Crippen LogP contribution is 2.17. The van der Waals surface area contributed by atoms with Crippen molar-refractivity contribution < 1.29 is 9.53 Å². The van der Waals surface area contributed by atoms with E-state index in [0.29, 0.717) is 19.7 Å². The molecule has 1 amide bonds. The zero-order chi connectivity index (χ0) is 12.2. The molecule has 1 atom stereocenters. The van der Waals surface area contributed by atoms with Crippen molar-refractivity contribution in [1.29, 1.82) is 0 Å². The Hall–Kier alpha value is -0.260. The molecule has 1 fully saturated rings. The van der Waals surface area contributed by atoms with Crippen molar-refractivity contribution in [1.82, 2.24) is 4.90 Å². The number of nitrogens with two attached hydrogens (primary N) is 1. The summed E-state index contributed by atoms with van der Waals surface area (Å²) in [5, 5.41) is 0. The molecule has 2 N–H and O–H groups in total. The largest absolute Gasteiger partial charge is 0.372 e. The molecule has 0 saturated carbocycles. The predicted octanol–water partition coefficient (Wildman–Crippen LogP) is 0.704. The molecule has 1 rings (SSSR count). The van der Waals surface area contributed by atoms with Gasteiger partial charge < -0.3 is 15.4 Å². The van der Waals surface area contributed by atoms with Crippen molar-refractivity contribution in [3.8, 4) is 0 Å². The van der Waals surface area contributed by atoms with Gasteiger partial charge in [-0.05, 0) is 32.3 Å². The van der Waals surface area contributed by atoms with E-state index in [1.165, 1.54) is 0 Å². The molecule has 1 heterocycles. The first-order valence-corrected chi connectivity index (χ1v) is 7.03. The van der Waals surface area contributed by atoms with Gasteiger partial charge in [-0.25, -0.2) is 0 Å². The zero-order valence-electron chi connectivity index (χ0n) is 10.4. The summed E-state index contributed by atoms with van der Waals surface area (Å²) < 4.78 is 5.57. The summed E-state index contributed by atoms with van der Waals surface area (Å²) in [6, 6.07) is -0.360. The summed E-state index contributed by atoms with van der Waals surface area (Å²) in [4.78, 5) is 13.9. The van der Waals surface area contributed by atoms with E-state index in [1.54, 1.807) is 11.8 Å². The Morgan fingerprint density at radius 3 is 2.88 bits per heavy atom. The fraction of sp³-hybridized carbons (Fsp3) is 0.909. The molecule has 1 saturated heterocycles. The number of carbonyl (C=O) groups is 1. The quantitative estimate of drug-likeness (QED) is 0.793. The summed E-state index contributed by atoms with van der Waals surface area (Å²) >= 11 is 1.72. The van der Waals surface area contributed by atoms with Crippen LogP contribution in [-0.4, -0.2) is 54.2 Å². The highest BCUT2D eigenvalue weighted by molar-refractivity contribution is 7.98. The lowest BCUT2D eigenvalue weighted by molar-refractivity contribution is -0.147. The summed E-state index contributed by atoms with van der Waals surface area (Å²) in [5.74, 6) is 0.992. The number of carbonyl (C=O) groups excluding carboxylic acids is 1. The first-order valence-electron chi connectivity index (χ1n) is 5.63. The molecule has 94 valence electrons. The molecule has 0 radical (unpaired) electrons. The van der Waals surface area contributed by atoms with Gasteiger partial charge in [0.05, 0.1) is 18.2 Å². The molecule has 0 spiro atoms. The third-order valence-corrected chi connectivity index (χ3v) is 3.33. The Bertz CT molecular complexity index is 246. The Morgan fingerprint density at radius 1 is 1.62 bits per heavy atom. The van der Waals surface area contributed by atoms with Gasteiger partial charge in [0.15, 0.2) is 0 Å². The van der Waals surface area contributed by atoms with Crippen LogP contribution in [0.3, 0.4) is 0 Å². The molecule has 0 aliphatic carbocycles. The van der Waals surface area contributed by atoms with Crippen LogP contribution in [0.1, 0.15) is 20.3 Å². The van der Waals surface area contributed by atoms with Crippen LogP contribution in [0, 0.1) is 0 Å². The van der Waals surface area contributed by atoms with Crippen molar-refractivity contribution in [3.05, 3.63) is 0 Å². The minimum Gasteiger partial charge on any atom is -0.372 e. The standard InChI is InChI=1S/C11H22N2O2S/c1-11(2)8-13(5-6-15-11)10(14)9(12)4-7-16-3/h9H,4-8,12H2,1-3H3/t9-/m1/s1. The van der Waals surface area contributed by atoms with Crippen molar-refractivity contribution in [2.24, 2.45) is 5.73 Å². The third kappa shape index (κ3) is 3.96. The van der Waals surface area contributed by atoms with Gasteiger partial charge in [0.25, 0.3) is 0 Å². The highest BCUT2D eigenvalue weighted by atomic mass is 32.2. The maximum atomic E-state index is 12.0. The van der Waals surface area contributed by atoms with Gasteiger partial charge in [0.1, 0.15) is 0 Å². The maximum absolute atomic E-state index is 12.0. The van der Waals surface area contributed by atoms with E-state index in [1.807, 2.05) is 25.0 Å². The topological polar surface area (TPSA) is 55.6 Å². The van der Waals surface area contributed by atoms with Crippen LogP contribution in [0.5, 0.6) is 0 Å². The van der Waals surface area contributed by atoms with E-state index >= 15 is 0 Å². The van der Waals surface area contributed by atoms with Gasteiger partial charge >= 0.3 is 0 Å². The third-order valence-electron chi connectivity index (χ3n) is 2.69. The van der Waals surface area contributed by atoms with Crippen LogP contribution in [0.4, 0.5) is 0 Å². The second-order valence-corrected chi connectivity index (χ2v) is 5.74. The molecule has 16 heavy (non-hydrogen) atoms. The average molecular weight is 246 g/mol. The fourth-order valence-electron chi connectivity index (χ4n) is 1.81. The first-order chi connectivity index (χ1) is 7.46. The number of morpholine rings is 1. The lowest BCUT2D eigenvalue weighted by Crippen LogP contribution is -2.54. The number of rotatable bonds is 4. The zero-order valence-corrected chi connectivity index (χ0v) is 11.2. The molecule has 0 bridgehead atoms. The van der Waals surface area contributed by atoms with Crippen molar-refractivity contribution in [2.45, 2.75) is 31.9 Å². The van der Waals surface area contributed by atoms with E-state index in [9.17, 15) is 4.79 Å². The first kappa shape index (κ1) is 13.8. The molecule has 4 nitrogen and oxygen atoms in total. The fourth-order valence-corrected chi connectivity index (χ4v) is 2.30. The molecular weight excluding hydrogens is 224 g/mol. The van der Waals surface area contributed by atoms with E-state index in [0.717, 1.165) is 12.2 Å². The van der Waals surface area contributed by atoms with Crippen LogP contribution in [0.15, 0.2) is 0 Å². The second-order valence-electron chi connectivity index (χ2n) is 4.76. The Kier molecular flexibility index (Phi) is 5.08. The molecule has 0 aromatic carbocycles. The van der Waals surface area contributed by atoms with E-state index in [4.69, 9.17) is 10.5 Å².